The zero-order valence-corrected chi connectivity index (χ0v) is 7.89. The molecule has 0 amide bonds. The molecule has 0 heterocycles. The molecule has 0 aromatic heterocycles. The van der Waals surface area contributed by atoms with Crippen LogP contribution in [-0.4, -0.2) is 39.5 Å². The van der Waals surface area contributed by atoms with Gasteiger partial charge in [0, 0.05) is 12.8 Å². The molecule has 0 aliphatic carbocycles. The normalized spacial score (nSPS) is 10.5. The maximum absolute atomic E-state index is 5.27. The summed E-state index contributed by atoms with van der Waals surface area (Å²) in [7, 11) is 0. The van der Waals surface area contributed by atoms with Gasteiger partial charge in [-0.25, -0.2) is 0 Å². The van der Waals surface area contributed by atoms with Crippen molar-refractivity contribution >= 4 is 0 Å². The van der Waals surface area contributed by atoms with Crippen LogP contribution in [0.15, 0.2) is 0 Å². The summed E-state index contributed by atoms with van der Waals surface area (Å²) in [6.45, 7) is 4.92. The third-order valence-electron chi connectivity index (χ3n) is 1.45. The van der Waals surface area contributed by atoms with E-state index < -0.39 is 0 Å². The lowest BCUT2D eigenvalue weighted by atomic mass is 10.5. The quantitative estimate of drug-likeness (QED) is 0.412. The smallest absolute Gasteiger partial charge is 0.0762 e. The van der Waals surface area contributed by atoms with Crippen LogP contribution in [0.25, 0.3) is 0 Å². The van der Waals surface area contributed by atoms with Gasteiger partial charge in [-0.05, 0) is 0 Å². The highest BCUT2D eigenvalue weighted by atomic mass is 16.5. The van der Waals surface area contributed by atoms with Crippen molar-refractivity contribution in [2.45, 2.75) is 12.8 Å². The SMILES string of the molecule is [NH3+]CCCOCCOCCC[NH3+]. The molecule has 0 rings (SSSR count). The molecule has 0 saturated heterocycles. The Morgan fingerprint density at radius 3 is 1.42 bits per heavy atom. The number of ether oxygens (including phenoxy) is 2. The molecule has 12 heavy (non-hydrogen) atoms. The second kappa shape index (κ2) is 10.8. The molecular formula is C8H22N2O2+2. The van der Waals surface area contributed by atoms with Gasteiger partial charge in [0.05, 0.1) is 39.5 Å². The van der Waals surface area contributed by atoms with Crippen LogP contribution in [0.4, 0.5) is 0 Å². The molecule has 0 fully saturated rings. The molecule has 0 aliphatic heterocycles. The van der Waals surface area contributed by atoms with Gasteiger partial charge in [-0.3, -0.25) is 0 Å². The summed E-state index contributed by atoms with van der Waals surface area (Å²) in [6, 6.07) is 0. The number of hydrogen-bond donors (Lipinski definition) is 2. The highest BCUT2D eigenvalue weighted by molar-refractivity contribution is 4.34. The van der Waals surface area contributed by atoms with E-state index >= 15 is 0 Å². The molecular weight excluding hydrogens is 156 g/mol. The Morgan fingerprint density at radius 1 is 0.667 bits per heavy atom. The second-order valence-corrected chi connectivity index (χ2v) is 2.64. The van der Waals surface area contributed by atoms with Gasteiger partial charge in [0.25, 0.3) is 0 Å². The lowest BCUT2D eigenvalue weighted by Gasteiger charge is -2.03. The Bertz CT molecular complexity index is 71.5. The van der Waals surface area contributed by atoms with Crippen molar-refractivity contribution in [1.82, 2.24) is 0 Å². The zero-order valence-electron chi connectivity index (χ0n) is 7.89. The Balaban J connectivity index is 2.73. The van der Waals surface area contributed by atoms with E-state index in [1.54, 1.807) is 0 Å². The largest absolute Gasteiger partial charge is 0.379 e. The third kappa shape index (κ3) is 9.84. The predicted octanol–water partition coefficient (Wildman–Crippen LogP) is -1.72. The number of hydrogen-bond acceptors (Lipinski definition) is 2. The maximum Gasteiger partial charge on any atom is 0.0762 e. The molecule has 0 atom stereocenters. The fourth-order valence-corrected chi connectivity index (χ4v) is 0.730. The minimum atomic E-state index is 0.705. The Morgan fingerprint density at radius 2 is 1.08 bits per heavy atom. The predicted molar refractivity (Wildman–Crippen MR) is 46.4 cm³/mol. The lowest BCUT2D eigenvalue weighted by molar-refractivity contribution is -0.370. The van der Waals surface area contributed by atoms with E-state index in [0.29, 0.717) is 13.2 Å². The summed E-state index contributed by atoms with van der Waals surface area (Å²) < 4.78 is 10.5. The summed E-state index contributed by atoms with van der Waals surface area (Å²) in [5, 5.41) is 0. The van der Waals surface area contributed by atoms with Gasteiger partial charge >= 0.3 is 0 Å². The average Bonchev–Trinajstić information content (AvgIpc) is 2.10. The van der Waals surface area contributed by atoms with E-state index in [1.807, 2.05) is 0 Å². The molecule has 0 saturated carbocycles. The zero-order chi connectivity index (χ0) is 9.07. The Labute approximate surface area is 74.2 Å². The van der Waals surface area contributed by atoms with Crippen LogP contribution in [0.1, 0.15) is 12.8 Å². The van der Waals surface area contributed by atoms with Gasteiger partial charge in [-0.2, -0.15) is 0 Å². The topological polar surface area (TPSA) is 73.7 Å². The number of quaternary nitrogens is 2. The van der Waals surface area contributed by atoms with Crippen LogP contribution in [0.5, 0.6) is 0 Å². The van der Waals surface area contributed by atoms with Crippen LogP contribution in [0.3, 0.4) is 0 Å². The molecule has 74 valence electrons. The van der Waals surface area contributed by atoms with Crippen LogP contribution in [0.2, 0.25) is 0 Å². The molecule has 0 aromatic carbocycles. The van der Waals surface area contributed by atoms with Crippen molar-refractivity contribution in [3.63, 3.8) is 0 Å². The molecule has 6 N–H and O–H groups in total. The first-order valence-corrected chi connectivity index (χ1v) is 4.65. The van der Waals surface area contributed by atoms with Crippen molar-refractivity contribution in [2.24, 2.45) is 0 Å². The summed E-state index contributed by atoms with van der Waals surface area (Å²) in [5.74, 6) is 0. The van der Waals surface area contributed by atoms with Gasteiger partial charge in [-0.15, -0.1) is 0 Å². The van der Waals surface area contributed by atoms with Crippen LogP contribution in [0, 0.1) is 0 Å². The summed E-state index contributed by atoms with van der Waals surface area (Å²) in [6.07, 6.45) is 2.08. The van der Waals surface area contributed by atoms with E-state index in [9.17, 15) is 0 Å². The van der Waals surface area contributed by atoms with Crippen molar-refractivity contribution in [1.29, 1.82) is 0 Å². The van der Waals surface area contributed by atoms with E-state index in [2.05, 4.69) is 11.5 Å². The first-order chi connectivity index (χ1) is 5.91. The summed E-state index contributed by atoms with van der Waals surface area (Å²) >= 11 is 0. The third-order valence-corrected chi connectivity index (χ3v) is 1.45. The first-order valence-electron chi connectivity index (χ1n) is 4.65. The van der Waals surface area contributed by atoms with E-state index in [1.165, 1.54) is 0 Å². The van der Waals surface area contributed by atoms with Crippen LogP contribution in [-0.2, 0) is 9.47 Å². The highest BCUT2D eigenvalue weighted by Crippen LogP contribution is 1.82. The molecule has 0 aromatic rings. The molecule has 4 nitrogen and oxygen atoms in total. The van der Waals surface area contributed by atoms with Gasteiger partial charge in [0.2, 0.25) is 0 Å². The molecule has 0 spiro atoms. The minimum absolute atomic E-state index is 0.705. The van der Waals surface area contributed by atoms with Crippen molar-refractivity contribution in [2.75, 3.05) is 39.5 Å². The number of rotatable bonds is 9. The molecule has 0 aliphatic rings. The minimum Gasteiger partial charge on any atom is -0.379 e. The molecule has 0 unspecified atom stereocenters. The van der Waals surface area contributed by atoms with Crippen molar-refractivity contribution in [3.8, 4) is 0 Å². The monoisotopic (exact) mass is 178 g/mol. The molecule has 4 heteroatoms. The Hall–Kier alpha value is -0.160. The average molecular weight is 178 g/mol. The second-order valence-electron chi connectivity index (χ2n) is 2.64. The Kier molecular flexibility index (Phi) is 10.7. The summed E-state index contributed by atoms with van der Waals surface area (Å²) in [5.41, 5.74) is 7.45. The van der Waals surface area contributed by atoms with E-state index in [-0.39, 0.29) is 0 Å². The molecule has 0 radical (unpaired) electrons. The van der Waals surface area contributed by atoms with Crippen LogP contribution < -0.4 is 11.5 Å². The lowest BCUT2D eigenvalue weighted by Crippen LogP contribution is -2.50. The maximum atomic E-state index is 5.27. The van der Waals surface area contributed by atoms with E-state index in [0.717, 1.165) is 39.1 Å². The van der Waals surface area contributed by atoms with Gasteiger partial charge in [0.15, 0.2) is 0 Å². The summed E-state index contributed by atoms with van der Waals surface area (Å²) in [4.78, 5) is 0. The fraction of sp³-hybridized carbons (Fsp3) is 1.00. The highest BCUT2D eigenvalue weighted by Gasteiger charge is 1.90. The van der Waals surface area contributed by atoms with E-state index in [4.69, 9.17) is 9.47 Å². The van der Waals surface area contributed by atoms with Crippen LogP contribution >= 0.6 is 0 Å². The first kappa shape index (κ1) is 11.8. The van der Waals surface area contributed by atoms with Gasteiger partial charge in [0.1, 0.15) is 0 Å². The fourth-order valence-electron chi connectivity index (χ4n) is 0.730. The van der Waals surface area contributed by atoms with Crippen molar-refractivity contribution in [3.05, 3.63) is 0 Å². The van der Waals surface area contributed by atoms with Gasteiger partial charge < -0.3 is 20.9 Å². The van der Waals surface area contributed by atoms with Crippen molar-refractivity contribution < 1.29 is 20.9 Å². The molecule has 0 bridgehead atoms. The van der Waals surface area contributed by atoms with Gasteiger partial charge in [-0.1, -0.05) is 0 Å². The standard InChI is InChI=1S/C8H20N2O2/c9-3-1-5-11-7-8-12-6-2-4-10/h1-10H2/p+2.